The number of carbonyl (C=O) groups is 1. The van der Waals surface area contributed by atoms with Crippen molar-refractivity contribution in [3.05, 3.63) is 22.4 Å². The van der Waals surface area contributed by atoms with Crippen LogP contribution in [0.3, 0.4) is 0 Å². The lowest BCUT2D eigenvalue weighted by molar-refractivity contribution is 0.142. The van der Waals surface area contributed by atoms with Crippen molar-refractivity contribution >= 4 is 17.4 Å². The van der Waals surface area contributed by atoms with Crippen LogP contribution < -0.4 is 5.32 Å². The minimum Gasteiger partial charge on any atom is -0.328 e. The fraction of sp³-hybridized carbons (Fsp3) is 0.706. The highest BCUT2D eigenvalue weighted by molar-refractivity contribution is 7.10. The van der Waals surface area contributed by atoms with Gasteiger partial charge in [-0.2, -0.15) is 0 Å². The normalized spacial score (nSPS) is 18.0. The standard InChI is InChI=1S/C17H28N2OS/c1-13(2)19(14(3)4)16(20)18-17(10-6-5-7-11-17)15-9-8-12-21-15/h8-9,12-14H,5-7,10-11H2,1-4H3,(H,18,20). The molecule has 0 bridgehead atoms. The molecule has 2 amide bonds. The van der Waals surface area contributed by atoms with Crippen LogP contribution in [0.2, 0.25) is 0 Å². The summed E-state index contributed by atoms with van der Waals surface area (Å²) in [6.07, 6.45) is 5.79. The Hall–Kier alpha value is -1.03. The number of hydrogen-bond donors (Lipinski definition) is 1. The van der Waals surface area contributed by atoms with E-state index in [1.54, 1.807) is 11.3 Å². The average Bonchev–Trinajstić information content (AvgIpc) is 2.93. The molecule has 0 aromatic carbocycles. The zero-order chi connectivity index (χ0) is 15.5. The fourth-order valence-corrected chi connectivity index (χ4v) is 4.42. The fourth-order valence-electron chi connectivity index (χ4n) is 3.47. The van der Waals surface area contributed by atoms with Gasteiger partial charge in [-0.1, -0.05) is 25.3 Å². The number of urea groups is 1. The van der Waals surface area contributed by atoms with Crippen molar-refractivity contribution in [2.24, 2.45) is 0 Å². The summed E-state index contributed by atoms with van der Waals surface area (Å²) in [5.74, 6) is 0. The molecule has 1 aromatic heterocycles. The Labute approximate surface area is 132 Å². The first-order valence-corrected chi connectivity index (χ1v) is 8.99. The van der Waals surface area contributed by atoms with Crippen molar-refractivity contribution in [1.29, 1.82) is 0 Å². The summed E-state index contributed by atoms with van der Waals surface area (Å²) >= 11 is 1.77. The van der Waals surface area contributed by atoms with Crippen LogP contribution in [0.5, 0.6) is 0 Å². The van der Waals surface area contributed by atoms with Gasteiger partial charge in [0.25, 0.3) is 0 Å². The van der Waals surface area contributed by atoms with Gasteiger partial charge < -0.3 is 10.2 Å². The summed E-state index contributed by atoms with van der Waals surface area (Å²) in [4.78, 5) is 16.1. The Bertz CT molecular complexity index is 439. The van der Waals surface area contributed by atoms with Crippen molar-refractivity contribution in [2.45, 2.75) is 77.4 Å². The summed E-state index contributed by atoms with van der Waals surface area (Å²) in [7, 11) is 0. The van der Waals surface area contributed by atoms with Crippen molar-refractivity contribution in [2.75, 3.05) is 0 Å². The minimum atomic E-state index is -0.147. The number of nitrogens with one attached hydrogen (secondary N) is 1. The van der Waals surface area contributed by atoms with E-state index in [2.05, 4.69) is 50.5 Å². The Balaban J connectivity index is 2.21. The second-order valence-corrected chi connectivity index (χ2v) is 7.59. The Kier molecular flexibility index (Phi) is 5.31. The molecule has 1 aliphatic rings. The second kappa shape index (κ2) is 6.82. The largest absolute Gasteiger partial charge is 0.328 e. The van der Waals surface area contributed by atoms with Crippen molar-refractivity contribution in [3.63, 3.8) is 0 Å². The first kappa shape index (κ1) is 16.3. The van der Waals surface area contributed by atoms with Gasteiger partial charge in [0.05, 0.1) is 5.54 Å². The predicted octanol–water partition coefficient (Wildman–Crippen LogP) is 4.74. The lowest BCUT2D eigenvalue weighted by Gasteiger charge is -2.41. The van der Waals surface area contributed by atoms with Gasteiger partial charge in [-0.25, -0.2) is 4.79 Å². The molecule has 1 aliphatic carbocycles. The summed E-state index contributed by atoms with van der Waals surface area (Å²) in [5, 5.41) is 5.51. The van der Waals surface area contributed by atoms with Crippen molar-refractivity contribution < 1.29 is 4.79 Å². The number of amides is 2. The van der Waals surface area contributed by atoms with E-state index in [0.717, 1.165) is 12.8 Å². The summed E-state index contributed by atoms with van der Waals surface area (Å²) in [6.45, 7) is 8.33. The predicted molar refractivity (Wildman–Crippen MR) is 89.7 cm³/mol. The summed E-state index contributed by atoms with van der Waals surface area (Å²) < 4.78 is 0. The molecule has 0 spiro atoms. The molecule has 118 valence electrons. The maximum absolute atomic E-state index is 12.8. The number of rotatable bonds is 4. The number of nitrogens with zero attached hydrogens (tertiary/aromatic N) is 1. The zero-order valence-electron chi connectivity index (χ0n) is 13.7. The van der Waals surface area contributed by atoms with E-state index in [4.69, 9.17) is 0 Å². The highest BCUT2D eigenvalue weighted by Crippen LogP contribution is 2.39. The first-order chi connectivity index (χ1) is 9.96. The SMILES string of the molecule is CC(C)N(C(=O)NC1(c2cccs2)CCCCC1)C(C)C. The average molecular weight is 308 g/mol. The molecule has 1 fully saturated rings. The van der Waals surface area contributed by atoms with E-state index in [-0.39, 0.29) is 23.7 Å². The van der Waals surface area contributed by atoms with Crippen LogP contribution in [-0.2, 0) is 5.54 Å². The van der Waals surface area contributed by atoms with Crippen LogP contribution in [0, 0.1) is 0 Å². The zero-order valence-corrected chi connectivity index (χ0v) is 14.5. The minimum absolute atomic E-state index is 0.0790. The maximum Gasteiger partial charge on any atom is 0.318 e. The molecular formula is C17H28N2OS. The quantitative estimate of drug-likeness (QED) is 0.856. The topological polar surface area (TPSA) is 32.3 Å². The summed E-state index contributed by atoms with van der Waals surface area (Å²) in [5.41, 5.74) is -0.147. The molecule has 0 aliphatic heterocycles. The smallest absolute Gasteiger partial charge is 0.318 e. The van der Waals surface area contributed by atoms with Gasteiger partial charge in [0, 0.05) is 17.0 Å². The van der Waals surface area contributed by atoms with E-state index in [1.165, 1.54) is 24.1 Å². The van der Waals surface area contributed by atoms with Gasteiger partial charge in [0.15, 0.2) is 0 Å². The van der Waals surface area contributed by atoms with Gasteiger partial charge in [0.2, 0.25) is 0 Å². The van der Waals surface area contributed by atoms with Crippen LogP contribution in [-0.4, -0.2) is 23.0 Å². The third kappa shape index (κ3) is 3.60. The van der Waals surface area contributed by atoms with E-state index < -0.39 is 0 Å². The molecule has 1 aromatic rings. The van der Waals surface area contributed by atoms with Crippen LogP contribution >= 0.6 is 11.3 Å². The monoisotopic (exact) mass is 308 g/mol. The van der Waals surface area contributed by atoms with Gasteiger partial charge in [-0.3, -0.25) is 0 Å². The number of hydrogen-bond acceptors (Lipinski definition) is 2. The molecule has 1 heterocycles. The molecule has 0 atom stereocenters. The number of carbonyl (C=O) groups excluding carboxylic acids is 1. The highest BCUT2D eigenvalue weighted by Gasteiger charge is 2.38. The number of thiophene rings is 1. The van der Waals surface area contributed by atoms with Crippen LogP contribution in [0.15, 0.2) is 17.5 Å². The highest BCUT2D eigenvalue weighted by atomic mass is 32.1. The summed E-state index contributed by atoms with van der Waals surface area (Å²) in [6, 6.07) is 4.77. The Morgan fingerprint density at radius 1 is 1.19 bits per heavy atom. The van der Waals surface area contributed by atoms with Crippen LogP contribution in [0.25, 0.3) is 0 Å². The Morgan fingerprint density at radius 3 is 2.29 bits per heavy atom. The molecule has 4 heteroatoms. The maximum atomic E-state index is 12.8. The first-order valence-electron chi connectivity index (χ1n) is 8.11. The second-order valence-electron chi connectivity index (χ2n) is 6.64. The molecule has 0 radical (unpaired) electrons. The molecule has 1 saturated carbocycles. The molecule has 1 N–H and O–H groups in total. The van der Waals surface area contributed by atoms with Gasteiger partial charge >= 0.3 is 6.03 Å². The van der Waals surface area contributed by atoms with Gasteiger partial charge in [0.1, 0.15) is 0 Å². The van der Waals surface area contributed by atoms with E-state index >= 15 is 0 Å². The molecule has 2 rings (SSSR count). The molecule has 3 nitrogen and oxygen atoms in total. The lowest BCUT2D eigenvalue weighted by atomic mass is 9.80. The molecule has 21 heavy (non-hydrogen) atoms. The van der Waals surface area contributed by atoms with Crippen LogP contribution in [0.1, 0.15) is 64.7 Å². The van der Waals surface area contributed by atoms with Crippen molar-refractivity contribution in [3.8, 4) is 0 Å². The molecule has 0 saturated heterocycles. The Morgan fingerprint density at radius 2 is 1.81 bits per heavy atom. The van der Waals surface area contributed by atoms with Gasteiger partial charge in [-0.15, -0.1) is 11.3 Å². The molecule has 0 unspecified atom stereocenters. The van der Waals surface area contributed by atoms with E-state index in [0.29, 0.717) is 0 Å². The van der Waals surface area contributed by atoms with E-state index in [1.807, 2.05) is 4.90 Å². The third-order valence-corrected chi connectivity index (χ3v) is 5.47. The van der Waals surface area contributed by atoms with Crippen LogP contribution in [0.4, 0.5) is 4.79 Å². The third-order valence-electron chi connectivity index (χ3n) is 4.39. The lowest BCUT2D eigenvalue weighted by Crippen LogP contribution is -2.55. The molecular weight excluding hydrogens is 280 g/mol. The van der Waals surface area contributed by atoms with E-state index in [9.17, 15) is 4.79 Å². The van der Waals surface area contributed by atoms with Gasteiger partial charge in [-0.05, 0) is 52.0 Å². The van der Waals surface area contributed by atoms with Crippen molar-refractivity contribution in [1.82, 2.24) is 10.2 Å².